The number of hydrogen-bond donors (Lipinski definition) is 1. The van der Waals surface area contributed by atoms with Crippen LogP contribution in [0.25, 0.3) is 5.69 Å². The molecule has 0 aliphatic rings. The van der Waals surface area contributed by atoms with E-state index in [2.05, 4.69) is 10.2 Å². The Hall–Kier alpha value is -2.17. The highest BCUT2D eigenvalue weighted by Gasteiger charge is 2.07. The monoisotopic (exact) mass is 203 g/mol. The molecule has 0 unspecified atom stereocenters. The zero-order valence-electron chi connectivity index (χ0n) is 8.08. The van der Waals surface area contributed by atoms with Crippen molar-refractivity contribution in [3.05, 3.63) is 42.0 Å². The van der Waals surface area contributed by atoms with Crippen molar-refractivity contribution in [3.8, 4) is 5.69 Å². The first-order valence-electron chi connectivity index (χ1n) is 4.37. The molecule has 0 spiro atoms. The molecule has 1 aromatic carbocycles. The Bertz CT molecular complexity index is 491. The molecule has 0 aliphatic heterocycles. The van der Waals surface area contributed by atoms with Gasteiger partial charge in [-0.05, 0) is 30.7 Å². The smallest absolute Gasteiger partial charge is 0.335 e. The highest BCUT2D eigenvalue weighted by Crippen LogP contribution is 2.13. The summed E-state index contributed by atoms with van der Waals surface area (Å²) in [4.78, 5) is 10.8. The molecular formula is C10H9N3O2. The van der Waals surface area contributed by atoms with Crippen LogP contribution in [0.1, 0.15) is 15.9 Å². The predicted octanol–water partition coefficient (Wildman–Crippen LogP) is 1.27. The third kappa shape index (κ3) is 1.71. The van der Waals surface area contributed by atoms with Crippen LogP contribution < -0.4 is 0 Å². The molecule has 0 bridgehead atoms. The molecule has 5 heteroatoms. The normalized spacial score (nSPS) is 10.2. The lowest BCUT2D eigenvalue weighted by Crippen LogP contribution is -2.01. The Balaban J connectivity index is 2.47. The number of nitrogens with zero attached hydrogens (tertiary/aromatic N) is 3. The van der Waals surface area contributed by atoms with Crippen LogP contribution in [-0.2, 0) is 0 Å². The SMILES string of the molecule is Cc1cc(-n2cnnc2)ccc1C(=O)O. The third-order valence-corrected chi connectivity index (χ3v) is 2.16. The van der Waals surface area contributed by atoms with Gasteiger partial charge in [0.2, 0.25) is 0 Å². The molecule has 1 N–H and O–H groups in total. The maximum absolute atomic E-state index is 10.8. The van der Waals surface area contributed by atoms with Crippen LogP contribution in [-0.4, -0.2) is 25.8 Å². The zero-order chi connectivity index (χ0) is 10.8. The van der Waals surface area contributed by atoms with Crippen LogP contribution in [0.3, 0.4) is 0 Å². The molecule has 0 amide bonds. The summed E-state index contributed by atoms with van der Waals surface area (Å²) in [7, 11) is 0. The van der Waals surface area contributed by atoms with Crippen molar-refractivity contribution in [2.24, 2.45) is 0 Å². The molecule has 0 aliphatic carbocycles. The van der Waals surface area contributed by atoms with Crippen molar-refractivity contribution in [1.29, 1.82) is 0 Å². The number of rotatable bonds is 2. The van der Waals surface area contributed by atoms with E-state index in [9.17, 15) is 4.79 Å². The topological polar surface area (TPSA) is 68.0 Å². The molecule has 1 heterocycles. The maximum atomic E-state index is 10.8. The molecule has 76 valence electrons. The van der Waals surface area contributed by atoms with E-state index in [1.807, 2.05) is 0 Å². The van der Waals surface area contributed by atoms with Gasteiger partial charge in [-0.1, -0.05) is 0 Å². The molecule has 1 aromatic heterocycles. The summed E-state index contributed by atoms with van der Waals surface area (Å²) >= 11 is 0. The highest BCUT2D eigenvalue weighted by atomic mass is 16.4. The minimum absolute atomic E-state index is 0.312. The number of carboxylic acid groups (broad SMARTS) is 1. The first-order valence-corrected chi connectivity index (χ1v) is 4.37. The second kappa shape index (κ2) is 3.53. The van der Waals surface area contributed by atoms with Gasteiger partial charge in [-0.15, -0.1) is 10.2 Å². The van der Waals surface area contributed by atoms with Crippen molar-refractivity contribution in [2.75, 3.05) is 0 Å². The van der Waals surface area contributed by atoms with Gasteiger partial charge in [0.15, 0.2) is 0 Å². The highest BCUT2D eigenvalue weighted by molar-refractivity contribution is 5.89. The number of aromatic nitrogens is 3. The number of aromatic carboxylic acids is 1. The van der Waals surface area contributed by atoms with E-state index >= 15 is 0 Å². The second-order valence-electron chi connectivity index (χ2n) is 3.17. The lowest BCUT2D eigenvalue weighted by atomic mass is 10.1. The third-order valence-electron chi connectivity index (χ3n) is 2.16. The van der Waals surface area contributed by atoms with Crippen LogP contribution in [0.15, 0.2) is 30.9 Å². The summed E-state index contributed by atoms with van der Waals surface area (Å²) in [5, 5.41) is 16.2. The number of benzene rings is 1. The Kier molecular flexibility index (Phi) is 2.21. The van der Waals surface area contributed by atoms with Crippen molar-refractivity contribution in [2.45, 2.75) is 6.92 Å². The van der Waals surface area contributed by atoms with Crippen molar-refractivity contribution >= 4 is 5.97 Å². The van der Waals surface area contributed by atoms with Gasteiger partial charge >= 0.3 is 5.97 Å². The predicted molar refractivity (Wildman–Crippen MR) is 53.1 cm³/mol. The Morgan fingerprint density at radius 3 is 2.53 bits per heavy atom. The Morgan fingerprint density at radius 2 is 2.00 bits per heavy atom. The molecule has 2 rings (SSSR count). The molecule has 5 nitrogen and oxygen atoms in total. The van der Waals surface area contributed by atoms with Crippen molar-refractivity contribution in [1.82, 2.24) is 14.8 Å². The average Bonchev–Trinajstić information content (AvgIpc) is 2.69. The van der Waals surface area contributed by atoms with Crippen LogP contribution in [0, 0.1) is 6.92 Å². The molecule has 0 atom stereocenters. The Morgan fingerprint density at radius 1 is 1.33 bits per heavy atom. The fraction of sp³-hybridized carbons (Fsp3) is 0.100. The number of hydrogen-bond acceptors (Lipinski definition) is 3. The number of carbonyl (C=O) groups is 1. The van der Waals surface area contributed by atoms with Gasteiger partial charge in [-0.2, -0.15) is 0 Å². The molecule has 15 heavy (non-hydrogen) atoms. The summed E-state index contributed by atoms with van der Waals surface area (Å²) < 4.78 is 1.72. The van der Waals surface area contributed by atoms with Gasteiger partial charge < -0.3 is 5.11 Å². The quantitative estimate of drug-likeness (QED) is 0.798. The van der Waals surface area contributed by atoms with E-state index < -0.39 is 5.97 Å². The van der Waals surface area contributed by atoms with Gasteiger partial charge in [-0.3, -0.25) is 4.57 Å². The lowest BCUT2D eigenvalue weighted by molar-refractivity contribution is 0.0696. The maximum Gasteiger partial charge on any atom is 0.335 e. The molecule has 0 radical (unpaired) electrons. The summed E-state index contributed by atoms with van der Waals surface area (Å²) in [6.07, 6.45) is 3.13. The summed E-state index contributed by atoms with van der Waals surface area (Å²) in [5.74, 6) is -0.914. The van der Waals surface area contributed by atoms with E-state index in [4.69, 9.17) is 5.11 Å². The first kappa shape index (κ1) is 9.39. The van der Waals surface area contributed by atoms with Crippen LogP contribution in [0.2, 0.25) is 0 Å². The lowest BCUT2D eigenvalue weighted by Gasteiger charge is -2.04. The van der Waals surface area contributed by atoms with E-state index in [1.165, 1.54) is 0 Å². The first-order chi connectivity index (χ1) is 7.18. The molecule has 0 saturated carbocycles. The second-order valence-corrected chi connectivity index (χ2v) is 3.17. The summed E-state index contributed by atoms with van der Waals surface area (Å²) in [6, 6.07) is 5.08. The molecule has 0 saturated heterocycles. The largest absolute Gasteiger partial charge is 0.478 e. The average molecular weight is 203 g/mol. The summed E-state index contributed by atoms with van der Waals surface area (Å²) in [6.45, 7) is 1.76. The van der Waals surface area contributed by atoms with Gasteiger partial charge in [0, 0.05) is 5.69 Å². The van der Waals surface area contributed by atoms with Gasteiger partial charge in [0.25, 0.3) is 0 Å². The number of aryl methyl sites for hydroxylation is 1. The van der Waals surface area contributed by atoms with Crippen LogP contribution in [0.5, 0.6) is 0 Å². The van der Waals surface area contributed by atoms with E-state index in [0.717, 1.165) is 5.69 Å². The standard InChI is InChI=1S/C10H9N3O2/c1-7-4-8(13-5-11-12-6-13)2-3-9(7)10(14)15/h2-6H,1H3,(H,14,15). The zero-order valence-corrected chi connectivity index (χ0v) is 8.08. The summed E-state index contributed by atoms with van der Waals surface area (Å²) in [5.41, 5.74) is 1.88. The van der Waals surface area contributed by atoms with Crippen LogP contribution >= 0.6 is 0 Å². The van der Waals surface area contributed by atoms with Gasteiger partial charge in [-0.25, -0.2) is 4.79 Å². The minimum Gasteiger partial charge on any atom is -0.478 e. The van der Waals surface area contributed by atoms with Crippen molar-refractivity contribution < 1.29 is 9.90 Å². The van der Waals surface area contributed by atoms with E-state index in [1.54, 1.807) is 42.3 Å². The van der Waals surface area contributed by atoms with Crippen LogP contribution in [0.4, 0.5) is 0 Å². The minimum atomic E-state index is -0.914. The fourth-order valence-electron chi connectivity index (χ4n) is 1.38. The Labute approximate surface area is 86.0 Å². The van der Waals surface area contributed by atoms with E-state index in [0.29, 0.717) is 11.1 Å². The van der Waals surface area contributed by atoms with Gasteiger partial charge in [0.05, 0.1) is 5.56 Å². The van der Waals surface area contributed by atoms with Gasteiger partial charge in [0.1, 0.15) is 12.7 Å². The molecular weight excluding hydrogens is 194 g/mol. The fourth-order valence-corrected chi connectivity index (χ4v) is 1.38. The van der Waals surface area contributed by atoms with Crippen molar-refractivity contribution in [3.63, 3.8) is 0 Å². The molecule has 2 aromatic rings. The molecule has 0 fully saturated rings. The van der Waals surface area contributed by atoms with E-state index in [-0.39, 0.29) is 0 Å². The number of carboxylic acids is 1.